The van der Waals surface area contributed by atoms with Crippen molar-refractivity contribution in [3.63, 3.8) is 0 Å². The molecular formula is C27H19Cl2F3. The molecule has 4 aromatic carbocycles. The third-order valence-corrected chi connectivity index (χ3v) is 6.27. The molecule has 0 unspecified atom stereocenters. The average Bonchev–Trinajstić information content (AvgIpc) is 2.79. The summed E-state index contributed by atoms with van der Waals surface area (Å²) in [4.78, 5) is 0. The van der Waals surface area contributed by atoms with E-state index < -0.39 is 17.2 Å². The van der Waals surface area contributed by atoms with Gasteiger partial charge in [0.2, 0.25) is 0 Å². The second-order valence-electron chi connectivity index (χ2n) is 7.63. The predicted molar refractivity (Wildman–Crippen MR) is 124 cm³/mol. The summed E-state index contributed by atoms with van der Waals surface area (Å²) in [7, 11) is 0. The maximum Gasteiger partial charge on any atom is 0.416 e. The Morgan fingerprint density at radius 2 is 1.09 bits per heavy atom. The minimum Gasteiger partial charge on any atom is -0.166 e. The highest BCUT2D eigenvalue weighted by atomic mass is 35.5. The second kappa shape index (κ2) is 9.01. The van der Waals surface area contributed by atoms with Crippen LogP contribution in [0, 0.1) is 0 Å². The number of halogens is 5. The summed E-state index contributed by atoms with van der Waals surface area (Å²) in [6.07, 6.45) is -4.09. The molecule has 4 rings (SSSR count). The zero-order valence-electron chi connectivity index (χ0n) is 16.9. The van der Waals surface area contributed by atoms with Crippen LogP contribution in [-0.4, -0.2) is 0 Å². The molecule has 0 saturated heterocycles. The van der Waals surface area contributed by atoms with Crippen molar-refractivity contribution in [2.45, 2.75) is 18.0 Å². The smallest absolute Gasteiger partial charge is 0.166 e. The predicted octanol–water partition coefficient (Wildman–Crippen LogP) is 8.59. The maximum absolute atomic E-state index is 13.7. The fourth-order valence-corrected chi connectivity index (χ4v) is 4.64. The van der Waals surface area contributed by atoms with Crippen LogP contribution < -0.4 is 0 Å². The Labute approximate surface area is 195 Å². The lowest BCUT2D eigenvalue weighted by atomic mass is 9.66. The van der Waals surface area contributed by atoms with Gasteiger partial charge in [-0.1, -0.05) is 108 Å². The lowest BCUT2D eigenvalue weighted by Gasteiger charge is -2.37. The minimum absolute atomic E-state index is 0.359. The Morgan fingerprint density at radius 3 is 1.62 bits per heavy atom. The SMILES string of the molecule is FC(F)(F)c1cccc(C(Cc2ccc(Cl)cc2Cl)(c2ccccc2)c2ccccc2)c1. The topological polar surface area (TPSA) is 0 Å². The fraction of sp³-hybridized carbons (Fsp3) is 0.111. The van der Waals surface area contributed by atoms with Crippen molar-refractivity contribution in [3.05, 3.63) is 141 Å². The molecule has 162 valence electrons. The molecule has 0 nitrogen and oxygen atoms in total. The molecule has 0 radical (unpaired) electrons. The first kappa shape index (κ1) is 22.4. The van der Waals surface area contributed by atoms with Gasteiger partial charge in [0.1, 0.15) is 0 Å². The Kier molecular flexibility index (Phi) is 6.32. The molecule has 5 heteroatoms. The highest BCUT2D eigenvalue weighted by molar-refractivity contribution is 6.35. The number of alkyl halides is 3. The highest BCUT2D eigenvalue weighted by Gasteiger charge is 2.39. The Hall–Kier alpha value is -2.75. The number of hydrogen-bond donors (Lipinski definition) is 0. The van der Waals surface area contributed by atoms with E-state index in [-0.39, 0.29) is 0 Å². The third kappa shape index (κ3) is 4.41. The molecule has 0 fully saturated rings. The summed E-state index contributed by atoms with van der Waals surface area (Å²) in [6.45, 7) is 0. The molecule has 0 aliphatic heterocycles. The van der Waals surface area contributed by atoms with Crippen molar-refractivity contribution in [2.24, 2.45) is 0 Å². The Bertz CT molecular complexity index is 1160. The highest BCUT2D eigenvalue weighted by Crippen LogP contribution is 2.44. The van der Waals surface area contributed by atoms with Gasteiger partial charge in [-0.2, -0.15) is 13.2 Å². The first-order valence-electron chi connectivity index (χ1n) is 10.0. The quantitative estimate of drug-likeness (QED) is 0.256. The molecule has 0 aromatic heterocycles. The van der Waals surface area contributed by atoms with Crippen LogP contribution in [0.4, 0.5) is 13.2 Å². The van der Waals surface area contributed by atoms with Crippen LogP contribution in [-0.2, 0) is 18.0 Å². The molecule has 0 heterocycles. The van der Waals surface area contributed by atoms with Crippen molar-refractivity contribution >= 4 is 23.2 Å². The molecular weight excluding hydrogens is 452 g/mol. The zero-order valence-corrected chi connectivity index (χ0v) is 18.4. The molecule has 32 heavy (non-hydrogen) atoms. The molecule has 0 aliphatic carbocycles. The van der Waals surface area contributed by atoms with E-state index in [0.717, 1.165) is 22.8 Å². The maximum atomic E-state index is 13.7. The average molecular weight is 471 g/mol. The van der Waals surface area contributed by atoms with Gasteiger partial charge in [0.05, 0.1) is 5.56 Å². The fourth-order valence-electron chi connectivity index (χ4n) is 4.16. The normalized spacial score (nSPS) is 12.0. The van der Waals surface area contributed by atoms with E-state index in [4.69, 9.17) is 23.2 Å². The molecule has 0 N–H and O–H groups in total. The molecule has 4 aromatic rings. The van der Waals surface area contributed by atoms with Gasteiger partial charge in [-0.25, -0.2) is 0 Å². The van der Waals surface area contributed by atoms with E-state index in [1.807, 2.05) is 66.7 Å². The third-order valence-electron chi connectivity index (χ3n) is 5.69. The summed E-state index contributed by atoms with van der Waals surface area (Å²) in [5, 5.41) is 0.976. The van der Waals surface area contributed by atoms with Crippen LogP contribution in [0.1, 0.15) is 27.8 Å². The van der Waals surface area contributed by atoms with Crippen molar-refractivity contribution in [3.8, 4) is 0 Å². The number of benzene rings is 4. The molecule has 0 bridgehead atoms. The first-order chi connectivity index (χ1) is 15.3. The minimum atomic E-state index is -4.45. The Morgan fingerprint density at radius 1 is 0.562 bits per heavy atom. The van der Waals surface area contributed by atoms with Crippen LogP contribution in [0.2, 0.25) is 10.0 Å². The van der Waals surface area contributed by atoms with Crippen molar-refractivity contribution in [1.82, 2.24) is 0 Å². The van der Waals surface area contributed by atoms with E-state index in [1.165, 1.54) is 12.1 Å². The standard InChI is InChI=1S/C27H19Cl2F3/c28-24-15-14-19(25(29)17-24)18-26(20-8-3-1-4-9-20,21-10-5-2-6-11-21)22-12-7-13-23(16-22)27(30,31)32/h1-17H,18H2. The second-order valence-corrected chi connectivity index (χ2v) is 8.47. The molecule has 0 amide bonds. The van der Waals surface area contributed by atoms with Crippen LogP contribution in [0.15, 0.2) is 103 Å². The first-order valence-corrected chi connectivity index (χ1v) is 10.8. The molecule has 0 atom stereocenters. The van der Waals surface area contributed by atoms with E-state index in [2.05, 4.69) is 0 Å². The molecule has 0 aliphatic rings. The summed E-state index contributed by atoms with van der Waals surface area (Å²) in [5.41, 5.74) is 1.49. The molecule has 0 spiro atoms. The van der Waals surface area contributed by atoms with Crippen molar-refractivity contribution in [1.29, 1.82) is 0 Å². The summed E-state index contributed by atoms with van der Waals surface area (Å²) >= 11 is 12.6. The number of rotatable bonds is 5. The lowest BCUT2D eigenvalue weighted by molar-refractivity contribution is -0.137. The van der Waals surface area contributed by atoms with Gasteiger partial charge in [-0.3, -0.25) is 0 Å². The largest absolute Gasteiger partial charge is 0.416 e. The van der Waals surface area contributed by atoms with Gasteiger partial charge >= 0.3 is 6.18 Å². The van der Waals surface area contributed by atoms with Gasteiger partial charge in [0.15, 0.2) is 0 Å². The van der Waals surface area contributed by atoms with Gasteiger partial charge in [-0.05, 0) is 46.9 Å². The van der Waals surface area contributed by atoms with E-state index in [0.29, 0.717) is 22.0 Å². The van der Waals surface area contributed by atoms with Crippen molar-refractivity contribution < 1.29 is 13.2 Å². The van der Waals surface area contributed by atoms with Crippen LogP contribution in [0.3, 0.4) is 0 Å². The molecule has 0 saturated carbocycles. The van der Waals surface area contributed by atoms with Crippen LogP contribution >= 0.6 is 23.2 Å². The van der Waals surface area contributed by atoms with Crippen LogP contribution in [0.5, 0.6) is 0 Å². The van der Waals surface area contributed by atoms with Crippen LogP contribution in [0.25, 0.3) is 0 Å². The summed E-state index contributed by atoms with van der Waals surface area (Å²) < 4.78 is 41.0. The lowest BCUT2D eigenvalue weighted by Crippen LogP contribution is -2.32. The van der Waals surface area contributed by atoms with Gasteiger partial charge in [-0.15, -0.1) is 0 Å². The van der Waals surface area contributed by atoms with Gasteiger partial charge in [0, 0.05) is 15.5 Å². The van der Waals surface area contributed by atoms with E-state index in [1.54, 1.807) is 18.2 Å². The number of hydrogen-bond acceptors (Lipinski definition) is 0. The van der Waals surface area contributed by atoms with E-state index in [9.17, 15) is 13.2 Å². The van der Waals surface area contributed by atoms with E-state index >= 15 is 0 Å². The summed E-state index contributed by atoms with van der Waals surface area (Å²) in [5.74, 6) is 0. The Balaban J connectivity index is 2.04. The van der Waals surface area contributed by atoms with Crippen molar-refractivity contribution in [2.75, 3.05) is 0 Å². The van der Waals surface area contributed by atoms with Gasteiger partial charge in [0.25, 0.3) is 0 Å². The summed E-state index contributed by atoms with van der Waals surface area (Å²) in [6, 6.07) is 29.9. The van der Waals surface area contributed by atoms with Gasteiger partial charge < -0.3 is 0 Å². The monoisotopic (exact) mass is 470 g/mol. The zero-order chi connectivity index (χ0) is 22.8.